The Morgan fingerprint density at radius 3 is 2.64 bits per heavy atom. The van der Waals surface area contributed by atoms with Gasteiger partial charge in [0.2, 0.25) is 0 Å². The molecule has 0 atom stereocenters. The van der Waals surface area contributed by atoms with E-state index in [4.69, 9.17) is 6.42 Å². The van der Waals surface area contributed by atoms with E-state index in [0.717, 1.165) is 6.08 Å². The maximum absolute atomic E-state index is 10.3. The maximum atomic E-state index is 10.3. The number of rotatable bonds is 2. The molecule has 0 unspecified atom stereocenters. The molecule has 0 aromatic rings. The Morgan fingerprint density at radius 2 is 2.36 bits per heavy atom. The average molecular weight is 263 g/mol. The largest absolute Gasteiger partial charge is 0.290 e. The molecular weight excluding hydrogens is 257 g/mol. The van der Waals surface area contributed by atoms with Gasteiger partial charge in [-0.15, -0.1) is 6.42 Å². The first-order chi connectivity index (χ1) is 5.13. The van der Waals surface area contributed by atoms with Gasteiger partial charge in [0.05, 0.1) is 14.6 Å². The summed E-state index contributed by atoms with van der Waals surface area (Å²) in [6.07, 6.45) is 7.67. The van der Waals surface area contributed by atoms with Crippen LogP contribution in [0.4, 0.5) is 0 Å². The van der Waals surface area contributed by atoms with Crippen LogP contribution in [0.25, 0.3) is 0 Å². The van der Waals surface area contributed by atoms with Gasteiger partial charge in [-0.05, 0) is 29.5 Å². The van der Waals surface area contributed by atoms with Crippen LogP contribution < -0.4 is 0 Å². The first-order valence-corrected chi connectivity index (χ1v) is 3.84. The van der Waals surface area contributed by atoms with E-state index in [2.05, 4.69) is 5.92 Å². The summed E-state index contributed by atoms with van der Waals surface area (Å²) in [5, 5.41) is 10.3. The van der Waals surface area contributed by atoms with Crippen molar-refractivity contribution < 1.29 is 4.92 Å². The van der Waals surface area contributed by atoms with Crippen LogP contribution in [-0.4, -0.2) is 4.92 Å². The number of hydrogen-bond donors (Lipinski definition) is 0. The number of allylic oxidation sites excluding steroid dienone is 3. The highest BCUT2D eigenvalue weighted by Gasteiger charge is 2.11. The predicted octanol–water partition coefficient (Wildman–Crippen LogP) is 2.12. The van der Waals surface area contributed by atoms with Crippen LogP contribution in [0.5, 0.6) is 0 Å². The average Bonchev–Trinajstić information content (AvgIpc) is 1.98. The smallest absolute Gasteiger partial charge is 0.258 e. The zero-order valence-electron chi connectivity index (χ0n) is 5.87. The highest BCUT2D eigenvalue weighted by atomic mass is 127. The molecule has 0 aromatic carbocycles. The molecule has 4 heteroatoms. The Balaban J connectivity index is 4.81. The van der Waals surface area contributed by atoms with Gasteiger partial charge < -0.3 is 0 Å². The fourth-order valence-electron chi connectivity index (χ4n) is 0.436. The summed E-state index contributed by atoms with van der Waals surface area (Å²) in [6, 6.07) is 0. The van der Waals surface area contributed by atoms with Crippen molar-refractivity contribution in [2.24, 2.45) is 0 Å². The van der Waals surface area contributed by atoms with E-state index in [1.807, 2.05) is 22.6 Å². The molecule has 0 bridgehead atoms. The molecule has 0 spiro atoms. The molecule has 0 aromatic heterocycles. The van der Waals surface area contributed by atoms with Crippen LogP contribution in [-0.2, 0) is 0 Å². The van der Waals surface area contributed by atoms with Crippen LogP contribution in [0.1, 0.15) is 6.92 Å². The highest BCUT2D eigenvalue weighted by molar-refractivity contribution is 14.1. The van der Waals surface area contributed by atoms with Gasteiger partial charge in [0.25, 0.3) is 5.70 Å². The van der Waals surface area contributed by atoms with Crippen molar-refractivity contribution in [3.63, 3.8) is 0 Å². The Kier molecular flexibility index (Phi) is 4.54. The van der Waals surface area contributed by atoms with Gasteiger partial charge in [0.1, 0.15) is 0 Å². The fraction of sp³-hybridized carbons (Fsp3) is 0.143. The lowest BCUT2D eigenvalue weighted by Gasteiger charge is -1.92. The molecule has 0 aliphatic rings. The molecule has 0 saturated carbocycles. The van der Waals surface area contributed by atoms with E-state index in [-0.39, 0.29) is 5.70 Å². The first-order valence-electron chi connectivity index (χ1n) is 2.76. The second-order valence-electron chi connectivity index (χ2n) is 1.59. The second kappa shape index (κ2) is 4.91. The molecule has 0 rings (SSSR count). The number of nitrogens with zero attached hydrogens (tertiary/aromatic N) is 1. The molecule has 0 radical (unpaired) electrons. The second-order valence-corrected chi connectivity index (χ2v) is 2.75. The van der Waals surface area contributed by atoms with Crippen molar-refractivity contribution in [2.45, 2.75) is 6.92 Å². The topological polar surface area (TPSA) is 43.1 Å². The van der Waals surface area contributed by atoms with Crippen molar-refractivity contribution in [1.29, 1.82) is 0 Å². The van der Waals surface area contributed by atoms with Crippen molar-refractivity contribution in [3.05, 3.63) is 31.5 Å². The van der Waals surface area contributed by atoms with E-state index in [0.29, 0.717) is 3.58 Å². The molecule has 11 heavy (non-hydrogen) atoms. The third-order valence-electron chi connectivity index (χ3n) is 0.915. The summed E-state index contributed by atoms with van der Waals surface area (Å²) < 4.78 is 0.547. The van der Waals surface area contributed by atoms with Gasteiger partial charge in [0, 0.05) is 0 Å². The maximum Gasteiger partial charge on any atom is 0.290 e. The summed E-state index contributed by atoms with van der Waals surface area (Å²) in [4.78, 5) is 9.79. The van der Waals surface area contributed by atoms with Crippen LogP contribution in [0.2, 0.25) is 0 Å². The minimum Gasteiger partial charge on any atom is -0.258 e. The van der Waals surface area contributed by atoms with Gasteiger partial charge >= 0.3 is 0 Å². The summed E-state index contributed by atoms with van der Waals surface area (Å²) >= 11 is 1.86. The molecule has 0 heterocycles. The number of halogens is 1. The Labute approximate surface area is 78.5 Å². The molecule has 0 aliphatic heterocycles. The number of terminal acetylenes is 1. The molecule has 0 fully saturated rings. The van der Waals surface area contributed by atoms with Gasteiger partial charge in [-0.1, -0.05) is 12.0 Å². The van der Waals surface area contributed by atoms with Gasteiger partial charge in [0.15, 0.2) is 0 Å². The summed E-state index contributed by atoms with van der Waals surface area (Å²) in [7, 11) is 0. The molecule has 0 amide bonds. The summed E-state index contributed by atoms with van der Waals surface area (Å²) in [5.41, 5.74) is -0.0319. The fourth-order valence-corrected chi connectivity index (χ4v) is 0.788. The lowest BCUT2D eigenvalue weighted by atomic mass is 10.4. The normalized spacial score (nSPS) is 12.5. The molecule has 0 N–H and O–H groups in total. The van der Waals surface area contributed by atoms with E-state index in [1.54, 1.807) is 13.0 Å². The third-order valence-corrected chi connectivity index (χ3v) is 2.09. The minimum atomic E-state index is -0.498. The molecular formula is C7H6INO2. The lowest BCUT2D eigenvalue weighted by Crippen LogP contribution is -1.97. The van der Waals surface area contributed by atoms with E-state index in [1.165, 1.54) is 0 Å². The monoisotopic (exact) mass is 263 g/mol. The quantitative estimate of drug-likeness (QED) is 0.252. The Hall–Kier alpha value is -0.830. The number of hydrogen-bond acceptors (Lipinski definition) is 2. The number of nitro groups is 1. The SMILES string of the molecule is C#C/C=C(\C(I)=C/C)[N+](=O)[O-]. The molecule has 3 nitrogen and oxygen atoms in total. The van der Waals surface area contributed by atoms with Crippen LogP contribution in [0, 0.1) is 22.5 Å². The first kappa shape index (κ1) is 10.2. The minimum absolute atomic E-state index is 0.0319. The van der Waals surface area contributed by atoms with Gasteiger partial charge in [-0.25, -0.2) is 0 Å². The van der Waals surface area contributed by atoms with Crippen molar-refractivity contribution in [2.75, 3.05) is 0 Å². The van der Waals surface area contributed by atoms with Crippen molar-refractivity contribution >= 4 is 22.6 Å². The summed E-state index contributed by atoms with van der Waals surface area (Å²) in [6.45, 7) is 1.72. The van der Waals surface area contributed by atoms with Crippen LogP contribution >= 0.6 is 22.6 Å². The van der Waals surface area contributed by atoms with E-state index in [9.17, 15) is 10.1 Å². The van der Waals surface area contributed by atoms with Gasteiger partial charge in [-0.3, -0.25) is 10.1 Å². The van der Waals surface area contributed by atoms with Crippen molar-refractivity contribution in [3.8, 4) is 12.3 Å². The van der Waals surface area contributed by atoms with Crippen LogP contribution in [0.15, 0.2) is 21.4 Å². The Morgan fingerprint density at radius 1 is 1.82 bits per heavy atom. The molecule has 58 valence electrons. The van der Waals surface area contributed by atoms with E-state index < -0.39 is 4.92 Å². The predicted molar refractivity (Wildman–Crippen MR) is 51.7 cm³/mol. The van der Waals surface area contributed by atoms with E-state index >= 15 is 0 Å². The zero-order chi connectivity index (χ0) is 8.85. The standard InChI is InChI=1S/C7H6INO2/c1-3-5-7(9(10)11)6(8)4-2/h1,4-5H,2H3/b6-4+,7-5+. The molecule has 0 saturated heterocycles. The zero-order valence-corrected chi connectivity index (χ0v) is 8.03. The highest BCUT2D eigenvalue weighted by Crippen LogP contribution is 2.17. The summed E-state index contributed by atoms with van der Waals surface area (Å²) in [5.74, 6) is 2.12. The Bertz CT molecular complexity index is 260. The third kappa shape index (κ3) is 3.18. The lowest BCUT2D eigenvalue weighted by molar-refractivity contribution is -0.419. The van der Waals surface area contributed by atoms with Gasteiger partial charge in [-0.2, -0.15) is 0 Å². The van der Waals surface area contributed by atoms with Crippen molar-refractivity contribution in [1.82, 2.24) is 0 Å². The molecule has 0 aliphatic carbocycles. The van der Waals surface area contributed by atoms with Crippen LogP contribution in [0.3, 0.4) is 0 Å².